The van der Waals surface area contributed by atoms with Gasteiger partial charge in [0, 0.05) is 5.33 Å². The van der Waals surface area contributed by atoms with Crippen molar-refractivity contribution in [3.05, 3.63) is 65.0 Å². The van der Waals surface area contributed by atoms with Crippen molar-refractivity contribution in [1.29, 1.82) is 0 Å². The van der Waals surface area contributed by atoms with E-state index >= 15 is 0 Å². The molecule has 0 bridgehead atoms. The van der Waals surface area contributed by atoms with Gasteiger partial charge >= 0.3 is 6.01 Å². The first kappa shape index (κ1) is 29.0. The minimum Gasteiger partial charge on any atom is -0.493 e. The van der Waals surface area contributed by atoms with Gasteiger partial charge in [-0.1, -0.05) is 53.1 Å². The Morgan fingerprint density at radius 2 is 1.11 bits per heavy atom. The molecular formula is C30H35BrN2O5. The first-order valence-corrected chi connectivity index (χ1v) is 13.6. The molecule has 0 amide bonds. The molecule has 0 saturated carbocycles. The zero-order valence-corrected chi connectivity index (χ0v) is 24.0. The summed E-state index contributed by atoms with van der Waals surface area (Å²) in [5.74, 6) is 2.70. The Kier molecular flexibility index (Phi) is 12.0. The van der Waals surface area contributed by atoms with Crippen LogP contribution >= 0.6 is 15.9 Å². The highest BCUT2D eigenvalue weighted by Gasteiger charge is 2.06. The van der Waals surface area contributed by atoms with E-state index < -0.39 is 0 Å². The predicted molar refractivity (Wildman–Crippen MR) is 157 cm³/mol. The number of nitrogens with zero attached hydrogens (tertiary/aromatic N) is 2. The van der Waals surface area contributed by atoms with Crippen LogP contribution in [-0.4, -0.2) is 50.3 Å². The first-order valence-electron chi connectivity index (χ1n) is 12.5. The molecule has 0 fully saturated rings. The van der Waals surface area contributed by atoms with E-state index in [0.29, 0.717) is 35.6 Å². The SMILES string of the molecule is COc1ccc(C=Cc2cc(C=Cc3ccc(OC)c(OC)c3)nc(OCCCCCCBr)n2)cc1OC. The van der Waals surface area contributed by atoms with Crippen molar-refractivity contribution in [2.75, 3.05) is 40.4 Å². The number of methoxy groups -OCH3 is 4. The number of alkyl halides is 1. The van der Waals surface area contributed by atoms with E-state index in [1.807, 2.05) is 66.8 Å². The highest BCUT2D eigenvalue weighted by atomic mass is 79.9. The standard InChI is InChI=1S/C30H35BrN2O5/c1-34-26-15-11-22(19-28(26)36-3)9-13-24-21-25(33-30(32-24)38-18-8-6-5-7-17-31)14-10-23-12-16-27(35-2)29(20-23)37-4/h9-16,19-21H,5-8,17-18H2,1-4H3. The number of rotatable bonds is 15. The molecule has 0 aliphatic rings. The summed E-state index contributed by atoms with van der Waals surface area (Å²) in [6.45, 7) is 0.573. The van der Waals surface area contributed by atoms with Gasteiger partial charge in [-0.25, -0.2) is 0 Å². The summed E-state index contributed by atoms with van der Waals surface area (Å²) < 4.78 is 27.4. The van der Waals surface area contributed by atoms with Crippen LogP contribution in [0.5, 0.6) is 29.0 Å². The number of aromatic nitrogens is 2. The zero-order chi connectivity index (χ0) is 27.2. The van der Waals surface area contributed by atoms with Gasteiger partial charge in [0.05, 0.1) is 46.4 Å². The van der Waals surface area contributed by atoms with Gasteiger partial charge < -0.3 is 23.7 Å². The summed E-state index contributed by atoms with van der Waals surface area (Å²) >= 11 is 3.47. The van der Waals surface area contributed by atoms with Crippen molar-refractivity contribution in [3.63, 3.8) is 0 Å². The second-order valence-corrected chi connectivity index (χ2v) is 9.14. The molecular weight excluding hydrogens is 548 g/mol. The van der Waals surface area contributed by atoms with E-state index in [2.05, 4.69) is 25.9 Å². The second kappa shape index (κ2) is 15.7. The van der Waals surface area contributed by atoms with Crippen LogP contribution in [0.4, 0.5) is 0 Å². The van der Waals surface area contributed by atoms with E-state index in [4.69, 9.17) is 23.7 Å². The summed E-state index contributed by atoms with van der Waals surface area (Å²) in [5.41, 5.74) is 3.38. The molecule has 7 nitrogen and oxygen atoms in total. The Bertz CT molecular complexity index is 1150. The lowest BCUT2D eigenvalue weighted by atomic mass is 10.1. The Labute approximate surface area is 233 Å². The maximum Gasteiger partial charge on any atom is 0.317 e. The molecule has 3 aromatic rings. The summed E-state index contributed by atoms with van der Waals surface area (Å²) in [6, 6.07) is 13.8. The topological polar surface area (TPSA) is 71.9 Å². The highest BCUT2D eigenvalue weighted by molar-refractivity contribution is 9.09. The van der Waals surface area contributed by atoms with Crippen molar-refractivity contribution in [2.45, 2.75) is 25.7 Å². The van der Waals surface area contributed by atoms with Crippen LogP contribution in [0.1, 0.15) is 48.2 Å². The minimum absolute atomic E-state index is 0.354. The van der Waals surface area contributed by atoms with Crippen LogP contribution in [0, 0.1) is 0 Å². The van der Waals surface area contributed by atoms with E-state index in [1.54, 1.807) is 28.4 Å². The highest BCUT2D eigenvalue weighted by Crippen LogP contribution is 2.29. The predicted octanol–water partition coefficient (Wildman–Crippen LogP) is 7.19. The molecule has 3 rings (SSSR count). The third-order valence-electron chi connectivity index (χ3n) is 5.71. The number of hydrogen-bond acceptors (Lipinski definition) is 7. The van der Waals surface area contributed by atoms with Gasteiger partial charge in [-0.3, -0.25) is 0 Å². The van der Waals surface area contributed by atoms with Crippen molar-refractivity contribution in [3.8, 4) is 29.0 Å². The second-order valence-electron chi connectivity index (χ2n) is 8.35. The van der Waals surface area contributed by atoms with E-state index in [9.17, 15) is 0 Å². The van der Waals surface area contributed by atoms with Crippen LogP contribution in [-0.2, 0) is 0 Å². The smallest absolute Gasteiger partial charge is 0.317 e. The third kappa shape index (κ3) is 8.80. The van der Waals surface area contributed by atoms with Gasteiger partial charge in [-0.2, -0.15) is 9.97 Å². The molecule has 0 N–H and O–H groups in total. The fraction of sp³-hybridized carbons (Fsp3) is 0.333. The Balaban J connectivity index is 1.83. The van der Waals surface area contributed by atoms with Gasteiger partial charge in [-0.15, -0.1) is 0 Å². The van der Waals surface area contributed by atoms with Gasteiger partial charge in [0.2, 0.25) is 0 Å². The maximum atomic E-state index is 5.93. The number of halogens is 1. The molecule has 1 aromatic heterocycles. The molecule has 0 unspecified atom stereocenters. The quantitative estimate of drug-likeness (QED) is 0.139. The fourth-order valence-electron chi connectivity index (χ4n) is 3.69. The molecule has 0 spiro atoms. The van der Waals surface area contributed by atoms with Crippen molar-refractivity contribution < 1.29 is 23.7 Å². The molecule has 0 aliphatic carbocycles. The summed E-state index contributed by atoms with van der Waals surface area (Å²) in [4.78, 5) is 9.22. The van der Waals surface area contributed by atoms with Crippen LogP contribution < -0.4 is 23.7 Å². The monoisotopic (exact) mass is 582 g/mol. The maximum absolute atomic E-state index is 5.93. The van der Waals surface area contributed by atoms with Gasteiger partial charge in [0.25, 0.3) is 0 Å². The number of hydrogen-bond donors (Lipinski definition) is 0. The van der Waals surface area contributed by atoms with Crippen molar-refractivity contribution in [2.24, 2.45) is 0 Å². The lowest BCUT2D eigenvalue weighted by molar-refractivity contribution is 0.281. The summed E-state index contributed by atoms with van der Waals surface area (Å²) in [5, 5.41) is 1.03. The third-order valence-corrected chi connectivity index (χ3v) is 6.27. The zero-order valence-electron chi connectivity index (χ0n) is 22.4. The summed E-state index contributed by atoms with van der Waals surface area (Å²) in [7, 11) is 6.48. The molecule has 0 atom stereocenters. The van der Waals surface area contributed by atoms with Crippen molar-refractivity contribution in [1.82, 2.24) is 9.97 Å². The molecule has 38 heavy (non-hydrogen) atoms. The Hall–Kier alpha value is -3.52. The average molecular weight is 584 g/mol. The lowest BCUT2D eigenvalue weighted by Gasteiger charge is -2.08. The van der Waals surface area contributed by atoms with E-state index in [0.717, 1.165) is 47.1 Å². The average Bonchev–Trinajstić information content (AvgIpc) is 2.96. The lowest BCUT2D eigenvalue weighted by Crippen LogP contribution is -2.03. The molecule has 1 heterocycles. The Morgan fingerprint density at radius 1 is 0.605 bits per heavy atom. The molecule has 8 heteroatoms. The van der Waals surface area contributed by atoms with E-state index in [1.165, 1.54) is 6.42 Å². The van der Waals surface area contributed by atoms with Crippen LogP contribution in [0.3, 0.4) is 0 Å². The van der Waals surface area contributed by atoms with Crippen LogP contribution in [0.2, 0.25) is 0 Å². The number of unbranched alkanes of at least 4 members (excludes halogenated alkanes) is 3. The Morgan fingerprint density at radius 3 is 1.58 bits per heavy atom. The minimum atomic E-state index is 0.354. The molecule has 0 saturated heterocycles. The number of ether oxygens (including phenoxy) is 5. The normalized spacial score (nSPS) is 11.2. The first-order chi connectivity index (χ1) is 18.6. The number of benzene rings is 2. The molecule has 0 aliphatic heterocycles. The van der Waals surface area contributed by atoms with Gasteiger partial charge in [0.1, 0.15) is 0 Å². The van der Waals surface area contributed by atoms with Crippen LogP contribution in [0.15, 0.2) is 42.5 Å². The van der Waals surface area contributed by atoms with Crippen LogP contribution in [0.25, 0.3) is 24.3 Å². The summed E-state index contributed by atoms with van der Waals surface area (Å²) in [6.07, 6.45) is 12.2. The van der Waals surface area contributed by atoms with Crippen molar-refractivity contribution >= 4 is 40.2 Å². The molecule has 0 radical (unpaired) electrons. The van der Waals surface area contributed by atoms with Gasteiger partial charge in [-0.05, 0) is 66.5 Å². The largest absolute Gasteiger partial charge is 0.493 e. The van der Waals surface area contributed by atoms with Gasteiger partial charge in [0.15, 0.2) is 23.0 Å². The fourth-order valence-corrected chi connectivity index (χ4v) is 4.08. The molecule has 2 aromatic carbocycles. The van der Waals surface area contributed by atoms with E-state index in [-0.39, 0.29) is 0 Å². The molecule has 202 valence electrons.